The maximum atomic E-state index is 12.6. The maximum Gasteiger partial charge on any atom is 0.240 e. The van der Waals surface area contributed by atoms with E-state index in [1.54, 1.807) is 18.2 Å². The van der Waals surface area contributed by atoms with Gasteiger partial charge in [0.2, 0.25) is 10.0 Å². The Kier molecular flexibility index (Phi) is 4.45. The lowest BCUT2D eigenvalue weighted by atomic mass is 9.87. The fourth-order valence-corrected chi connectivity index (χ4v) is 4.55. The Balaban J connectivity index is 1.84. The molecular formula is C15H21N5O2S. The average Bonchev–Trinajstić information content (AvgIpc) is 3.03. The summed E-state index contributed by atoms with van der Waals surface area (Å²) in [4.78, 5) is 0.282. The highest BCUT2D eigenvalue weighted by atomic mass is 32.2. The van der Waals surface area contributed by atoms with Gasteiger partial charge in [0.05, 0.1) is 10.6 Å². The number of aryl methyl sites for hydroxylation is 1. The summed E-state index contributed by atoms with van der Waals surface area (Å²) in [7, 11) is -3.51. The zero-order valence-corrected chi connectivity index (χ0v) is 14.1. The Labute approximate surface area is 136 Å². The molecule has 0 spiro atoms. The second kappa shape index (κ2) is 6.37. The van der Waals surface area contributed by atoms with Crippen molar-refractivity contribution in [1.82, 2.24) is 24.9 Å². The Hall–Kier alpha value is -1.80. The molecule has 3 rings (SSSR count). The van der Waals surface area contributed by atoms with Crippen LogP contribution in [0.2, 0.25) is 0 Å². The number of rotatable bonds is 4. The number of nitrogens with one attached hydrogen (secondary N) is 1. The number of benzene rings is 1. The van der Waals surface area contributed by atoms with Gasteiger partial charge in [-0.15, -0.1) is 5.10 Å². The number of nitrogens with zero attached hydrogens (tertiary/aromatic N) is 4. The van der Waals surface area contributed by atoms with Gasteiger partial charge < -0.3 is 0 Å². The second-order valence-electron chi connectivity index (χ2n) is 6.19. The first-order valence-corrected chi connectivity index (χ1v) is 9.32. The predicted octanol–water partition coefficient (Wildman–Crippen LogP) is 1.83. The molecular weight excluding hydrogens is 314 g/mol. The van der Waals surface area contributed by atoms with E-state index in [-0.39, 0.29) is 10.9 Å². The minimum atomic E-state index is -3.51. The van der Waals surface area contributed by atoms with Crippen molar-refractivity contribution < 1.29 is 8.42 Å². The van der Waals surface area contributed by atoms with Crippen LogP contribution in [0.15, 0.2) is 29.4 Å². The van der Waals surface area contributed by atoms with Gasteiger partial charge in [-0.25, -0.2) is 17.8 Å². The molecule has 0 bridgehead atoms. The Morgan fingerprint density at radius 3 is 2.70 bits per heavy atom. The molecule has 1 N–H and O–H groups in total. The molecule has 23 heavy (non-hydrogen) atoms. The highest BCUT2D eigenvalue weighted by molar-refractivity contribution is 7.89. The van der Waals surface area contributed by atoms with Crippen LogP contribution in [0.25, 0.3) is 5.69 Å². The van der Waals surface area contributed by atoms with Crippen LogP contribution in [0.3, 0.4) is 0 Å². The van der Waals surface area contributed by atoms with E-state index in [1.165, 1.54) is 17.4 Å². The third-order valence-electron chi connectivity index (χ3n) is 4.49. The Morgan fingerprint density at radius 1 is 1.26 bits per heavy atom. The molecule has 0 amide bonds. The monoisotopic (exact) mass is 335 g/mol. The summed E-state index contributed by atoms with van der Waals surface area (Å²) < 4.78 is 29.7. The summed E-state index contributed by atoms with van der Waals surface area (Å²) in [5, 5.41) is 11.0. The molecule has 0 radical (unpaired) electrons. The fourth-order valence-electron chi connectivity index (χ4n) is 3.08. The van der Waals surface area contributed by atoms with E-state index >= 15 is 0 Å². The molecule has 7 nitrogen and oxygen atoms in total. The van der Waals surface area contributed by atoms with Crippen molar-refractivity contribution in [2.45, 2.75) is 50.5 Å². The van der Waals surface area contributed by atoms with E-state index in [1.807, 2.05) is 6.92 Å². The van der Waals surface area contributed by atoms with Gasteiger partial charge in [-0.05, 0) is 59.9 Å². The van der Waals surface area contributed by atoms with Crippen molar-refractivity contribution in [2.75, 3.05) is 0 Å². The zero-order valence-electron chi connectivity index (χ0n) is 13.3. The molecule has 2 aromatic rings. The molecule has 1 aromatic carbocycles. The predicted molar refractivity (Wildman–Crippen MR) is 85.6 cm³/mol. The lowest BCUT2D eigenvalue weighted by Gasteiger charge is -2.29. The Bertz CT molecular complexity index is 773. The van der Waals surface area contributed by atoms with E-state index in [0.717, 1.165) is 30.5 Å². The topological polar surface area (TPSA) is 89.8 Å². The van der Waals surface area contributed by atoms with Crippen molar-refractivity contribution >= 4 is 10.0 Å². The van der Waals surface area contributed by atoms with Crippen molar-refractivity contribution in [3.63, 3.8) is 0 Å². The van der Waals surface area contributed by atoms with Gasteiger partial charge in [-0.2, -0.15) is 0 Å². The normalized spacial score (nSPS) is 22.2. The molecule has 0 aliphatic heterocycles. The van der Waals surface area contributed by atoms with Gasteiger partial charge in [0.1, 0.15) is 6.33 Å². The van der Waals surface area contributed by atoms with Crippen LogP contribution in [-0.2, 0) is 10.0 Å². The number of hydrogen-bond donors (Lipinski definition) is 1. The summed E-state index contributed by atoms with van der Waals surface area (Å²) in [5.41, 5.74) is 1.57. The standard InChI is InChI=1S/C15H21N5O2S/c1-11-5-3-4-6-14(11)17-23(21,22)13-7-8-15(12(2)9-13)20-10-16-18-19-20/h7-11,14,17H,3-6H2,1-2H3/t11-,14-/m0/s1. The lowest BCUT2D eigenvalue weighted by Crippen LogP contribution is -2.41. The summed E-state index contributed by atoms with van der Waals surface area (Å²) in [6.07, 6.45) is 5.72. The van der Waals surface area contributed by atoms with Gasteiger partial charge in [0.25, 0.3) is 0 Å². The van der Waals surface area contributed by atoms with E-state index in [0.29, 0.717) is 5.92 Å². The summed E-state index contributed by atoms with van der Waals surface area (Å²) in [6, 6.07) is 5.00. The van der Waals surface area contributed by atoms with Crippen LogP contribution < -0.4 is 4.72 Å². The first kappa shape index (κ1) is 16.1. The average molecular weight is 335 g/mol. The summed E-state index contributed by atoms with van der Waals surface area (Å²) in [6.45, 7) is 3.96. The van der Waals surface area contributed by atoms with Crippen molar-refractivity contribution in [2.24, 2.45) is 5.92 Å². The molecule has 1 aliphatic rings. The fraction of sp³-hybridized carbons (Fsp3) is 0.533. The molecule has 1 heterocycles. The molecule has 2 atom stereocenters. The highest BCUT2D eigenvalue weighted by Gasteiger charge is 2.27. The van der Waals surface area contributed by atoms with E-state index in [4.69, 9.17) is 0 Å². The summed E-state index contributed by atoms with van der Waals surface area (Å²) in [5.74, 6) is 0.375. The SMILES string of the molecule is Cc1cc(S(=O)(=O)N[C@H]2CCCC[C@@H]2C)ccc1-n1cnnn1. The zero-order chi connectivity index (χ0) is 16.4. The molecule has 8 heteroatoms. The number of hydrogen-bond acceptors (Lipinski definition) is 5. The first-order chi connectivity index (χ1) is 11.0. The lowest BCUT2D eigenvalue weighted by molar-refractivity contribution is 0.310. The third kappa shape index (κ3) is 3.42. The third-order valence-corrected chi connectivity index (χ3v) is 5.98. The largest absolute Gasteiger partial charge is 0.240 e. The van der Waals surface area contributed by atoms with Crippen LogP contribution >= 0.6 is 0 Å². The molecule has 1 fully saturated rings. The number of tetrazole rings is 1. The van der Waals surface area contributed by atoms with Gasteiger partial charge in [-0.3, -0.25) is 0 Å². The second-order valence-corrected chi connectivity index (χ2v) is 7.91. The van der Waals surface area contributed by atoms with Crippen molar-refractivity contribution in [3.8, 4) is 5.69 Å². The number of sulfonamides is 1. The van der Waals surface area contributed by atoms with Crippen LogP contribution in [0, 0.1) is 12.8 Å². The summed E-state index contributed by atoms with van der Waals surface area (Å²) >= 11 is 0. The molecule has 0 saturated heterocycles. The Morgan fingerprint density at radius 2 is 2.04 bits per heavy atom. The maximum absolute atomic E-state index is 12.6. The van der Waals surface area contributed by atoms with Gasteiger partial charge in [-0.1, -0.05) is 19.8 Å². The van der Waals surface area contributed by atoms with Crippen LogP contribution in [0.1, 0.15) is 38.2 Å². The molecule has 0 unspecified atom stereocenters. The van der Waals surface area contributed by atoms with E-state index in [9.17, 15) is 8.42 Å². The van der Waals surface area contributed by atoms with Crippen molar-refractivity contribution in [1.29, 1.82) is 0 Å². The smallest absolute Gasteiger partial charge is 0.208 e. The van der Waals surface area contributed by atoms with Crippen LogP contribution in [0.4, 0.5) is 0 Å². The first-order valence-electron chi connectivity index (χ1n) is 7.84. The van der Waals surface area contributed by atoms with Gasteiger partial charge >= 0.3 is 0 Å². The highest BCUT2D eigenvalue weighted by Crippen LogP contribution is 2.26. The van der Waals surface area contributed by atoms with Crippen LogP contribution in [-0.4, -0.2) is 34.7 Å². The van der Waals surface area contributed by atoms with Gasteiger partial charge in [0.15, 0.2) is 0 Å². The molecule has 1 aromatic heterocycles. The molecule has 124 valence electrons. The minimum Gasteiger partial charge on any atom is -0.208 e. The van der Waals surface area contributed by atoms with Crippen LogP contribution in [0.5, 0.6) is 0 Å². The molecule has 1 aliphatic carbocycles. The quantitative estimate of drug-likeness (QED) is 0.920. The minimum absolute atomic E-state index is 0.0215. The van der Waals surface area contributed by atoms with E-state index < -0.39 is 10.0 Å². The van der Waals surface area contributed by atoms with Gasteiger partial charge in [0, 0.05) is 6.04 Å². The van der Waals surface area contributed by atoms with E-state index in [2.05, 4.69) is 27.2 Å². The molecule has 1 saturated carbocycles. The van der Waals surface area contributed by atoms with Crippen molar-refractivity contribution in [3.05, 3.63) is 30.1 Å². The number of aromatic nitrogens is 4.